The summed E-state index contributed by atoms with van der Waals surface area (Å²) in [7, 11) is 1.91. The van der Waals surface area contributed by atoms with Crippen LogP contribution >= 0.6 is 11.6 Å². The molecule has 0 bridgehead atoms. The number of likely N-dealkylation sites (N-methyl/N-ethyl adjacent to an activating group) is 1. The third kappa shape index (κ3) is 2.89. The standard InChI is InChI=1S/C14H24ClN3/c1-5-16-13(9(2)11-6-7-11)8-12-10(3)17-18(4)14(12)15/h9,11,13,16H,5-8H2,1-4H3. The number of aromatic nitrogens is 2. The average molecular weight is 270 g/mol. The van der Waals surface area contributed by atoms with E-state index in [0.29, 0.717) is 6.04 Å². The molecule has 3 nitrogen and oxygen atoms in total. The lowest BCUT2D eigenvalue weighted by Gasteiger charge is -2.25. The molecule has 1 aliphatic rings. The van der Waals surface area contributed by atoms with Gasteiger partial charge in [-0.05, 0) is 44.6 Å². The first-order valence-corrected chi connectivity index (χ1v) is 7.33. The normalized spacial score (nSPS) is 18.9. The van der Waals surface area contributed by atoms with Crippen LogP contribution in [0.1, 0.15) is 37.9 Å². The van der Waals surface area contributed by atoms with Crippen LogP contribution < -0.4 is 5.32 Å². The number of nitrogens with one attached hydrogen (secondary N) is 1. The van der Waals surface area contributed by atoms with Gasteiger partial charge in [0.05, 0.1) is 5.69 Å². The zero-order valence-corrected chi connectivity index (χ0v) is 12.6. The Balaban J connectivity index is 2.12. The third-order valence-electron chi connectivity index (χ3n) is 4.16. The van der Waals surface area contributed by atoms with E-state index in [2.05, 4.69) is 24.3 Å². The van der Waals surface area contributed by atoms with Gasteiger partial charge in [0.2, 0.25) is 0 Å². The molecule has 1 fully saturated rings. The Kier molecular flexibility index (Phi) is 4.33. The van der Waals surface area contributed by atoms with Crippen molar-refractivity contribution in [2.45, 2.75) is 46.1 Å². The van der Waals surface area contributed by atoms with Crippen LogP contribution in [0.25, 0.3) is 0 Å². The topological polar surface area (TPSA) is 29.9 Å². The second-order valence-electron chi connectivity index (χ2n) is 5.54. The fourth-order valence-corrected chi connectivity index (χ4v) is 3.03. The second kappa shape index (κ2) is 5.62. The smallest absolute Gasteiger partial charge is 0.130 e. The van der Waals surface area contributed by atoms with E-state index in [1.807, 2.05) is 14.0 Å². The van der Waals surface area contributed by atoms with Crippen LogP contribution in [0.15, 0.2) is 0 Å². The highest BCUT2D eigenvalue weighted by Crippen LogP contribution is 2.39. The fraction of sp³-hybridized carbons (Fsp3) is 0.786. The molecule has 2 rings (SSSR count). The van der Waals surface area contributed by atoms with Crippen molar-refractivity contribution in [3.05, 3.63) is 16.4 Å². The van der Waals surface area contributed by atoms with Crippen LogP contribution in [0.3, 0.4) is 0 Å². The molecule has 2 unspecified atom stereocenters. The zero-order valence-electron chi connectivity index (χ0n) is 11.8. The van der Waals surface area contributed by atoms with Gasteiger partial charge in [0.15, 0.2) is 0 Å². The molecular formula is C14H24ClN3. The quantitative estimate of drug-likeness (QED) is 0.861. The van der Waals surface area contributed by atoms with Gasteiger partial charge in [-0.25, -0.2) is 0 Å². The monoisotopic (exact) mass is 269 g/mol. The summed E-state index contributed by atoms with van der Waals surface area (Å²) in [6.45, 7) is 7.60. The molecule has 4 heteroatoms. The van der Waals surface area contributed by atoms with Crippen LogP contribution in [0.5, 0.6) is 0 Å². The molecule has 0 spiro atoms. The van der Waals surface area contributed by atoms with Gasteiger partial charge in [-0.3, -0.25) is 4.68 Å². The second-order valence-corrected chi connectivity index (χ2v) is 5.90. The van der Waals surface area contributed by atoms with Crippen molar-refractivity contribution < 1.29 is 0 Å². The summed E-state index contributed by atoms with van der Waals surface area (Å²) in [6.07, 6.45) is 3.77. The van der Waals surface area contributed by atoms with Crippen molar-refractivity contribution in [2.24, 2.45) is 18.9 Å². The van der Waals surface area contributed by atoms with E-state index < -0.39 is 0 Å². The summed E-state index contributed by atoms with van der Waals surface area (Å²) >= 11 is 6.33. The van der Waals surface area contributed by atoms with Crippen LogP contribution in [0, 0.1) is 18.8 Å². The number of rotatable bonds is 6. The van der Waals surface area contributed by atoms with Gasteiger partial charge in [0, 0.05) is 18.7 Å². The highest BCUT2D eigenvalue weighted by Gasteiger charge is 2.33. The summed E-state index contributed by atoms with van der Waals surface area (Å²) in [4.78, 5) is 0. The minimum atomic E-state index is 0.517. The maximum Gasteiger partial charge on any atom is 0.130 e. The largest absolute Gasteiger partial charge is 0.314 e. The molecule has 0 radical (unpaired) electrons. The SMILES string of the molecule is CCNC(Cc1c(C)nn(C)c1Cl)C(C)C1CC1. The van der Waals surface area contributed by atoms with Gasteiger partial charge in [-0.2, -0.15) is 5.10 Å². The zero-order chi connectivity index (χ0) is 13.3. The predicted molar refractivity (Wildman–Crippen MR) is 76.0 cm³/mol. The van der Waals surface area contributed by atoms with Crippen molar-refractivity contribution in [3.63, 3.8) is 0 Å². The number of halogens is 1. The van der Waals surface area contributed by atoms with Crippen molar-refractivity contribution in [1.29, 1.82) is 0 Å². The van der Waals surface area contributed by atoms with E-state index in [0.717, 1.165) is 35.6 Å². The number of hydrogen-bond donors (Lipinski definition) is 1. The molecule has 1 saturated carbocycles. The Morgan fingerprint density at radius 1 is 1.50 bits per heavy atom. The lowest BCUT2D eigenvalue weighted by atomic mass is 9.91. The number of nitrogens with zero attached hydrogens (tertiary/aromatic N) is 2. The Hall–Kier alpha value is -0.540. The molecule has 0 saturated heterocycles. The van der Waals surface area contributed by atoms with E-state index in [1.165, 1.54) is 18.4 Å². The third-order valence-corrected chi connectivity index (χ3v) is 4.63. The highest BCUT2D eigenvalue weighted by molar-refractivity contribution is 6.30. The summed E-state index contributed by atoms with van der Waals surface area (Å²) in [5.41, 5.74) is 2.27. The van der Waals surface area contributed by atoms with Crippen molar-refractivity contribution >= 4 is 11.6 Å². The number of aryl methyl sites for hydroxylation is 2. The van der Waals surface area contributed by atoms with E-state index in [-0.39, 0.29) is 0 Å². The van der Waals surface area contributed by atoms with Crippen LogP contribution in [-0.4, -0.2) is 22.4 Å². The maximum absolute atomic E-state index is 6.33. The molecule has 0 aromatic carbocycles. The maximum atomic E-state index is 6.33. The van der Waals surface area contributed by atoms with E-state index in [9.17, 15) is 0 Å². The minimum absolute atomic E-state index is 0.517. The molecule has 1 N–H and O–H groups in total. The minimum Gasteiger partial charge on any atom is -0.314 e. The van der Waals surface area contributed by atoms with Gasteiger partial charge in [0.1, 0.15) is 5.15 Å². The Bertz CT molecular complexity index is 409. The van der Waals surface area contributed by atoms with Crippen molar-refractivity contribution in [3.8, 4) is 0 Å². The van der Waals surface area contributed by atoms with Crippen LogP contribution in [-0.2, 0) is 13.5 Å². The molecule has 18 heavy (non-hydrogen) atoms. The van der Waals surface area contributed by atoms with Crippen LogP contribution in [0.4, 0.5) is 0 Å². The summed E-state index contributed by atoms with van der Waals surface area (Å²) in [5, 5.41) is 8.81. The lowest BCUT2D eigenvalue weighted by molar-refractivity contribution is 0.344. The van der Waals surface area contributed by atoms with Crippen LogP contribution in [0.2, 0.25) is 5.15 Å². The Morgan fingerprint density at radius 3 is 2.61 bits per heavy atom. The van der Waals surface area contributed by atoms with Gasteiger partial charge < -0.3 is 5.32 Å². The molecule has 102 valence electrons. The molecular weight excluding hydrogens is 246 g/mol. The summed E-state index contributed by atoms with van der Waals surface area (Å²) < 4.78 is 1.77. The molecule has 1 aromatic rings. The first-order chi connectivity index (χ1) is 8.54. The fourth-order valence-electron chi connectivity index (χ4n) is 2.78. The summed E-state index contributed by atoms with van der Waals surface area (Å²) in [5.74, 6) is 1.63. The first kappa shape index (κ1) is 13.9. The first-order valence-electron chi connectivity index (χ1n) is 6.96. The molecule has 1 aliphatic carbocycles. The van der Waals surface area contributed by atoms with E-state index in [4.69, 9.17) is 11.6 Å². The van der Waals surface area contributed by atoms with E-state index >= 15 is 0 Å². The molecule has 2 atom stereocenters. The average Bonchev–Trinajstić information content (AvgIpc) is 3.13. The number of hydrogen-bond acceptors (Lipinski definition) is 2. The molecule has 1 aromatic heterocycles. The molecule has 0 amide bonds. The van der Waals surface area contributed by atoms with E-state index in [1.54, 1.807) is 4.68 Å². The van der Waals surface area contributed by atoms with Crippen molar-refractivity contribution in [2.75, 3.05) is 6.54 Å². The summed E-state index contributed by atoms with van der Waals surface area (Å²) in [6, 6.07) is 0.517. The van der Waals surface area contributed by atoms with Gasteiger partial charge >= 0.3 is 0 Å². The van der Waals surface area contributed by atoms with Gasteiger partial charge in [0.25, 0.3) is 0 Å². The molecule has 0 aliphatic heterocycles. The Labute approximate surface area is 115 Å². The highest BCUT2D eigenvalue weighted by atomic mass is 35.5. The predicted octanol–water partition coefficient (Wildman–Crippen LogP) is 2.95. The lowest BCUT2D eigenvalue weighted by Crippen LogP contribution is -2.37. The van der Waals surface area contributed by atoms with Gasteiger partial charge in [-0.15, -0.1) is 0 Å². The van der Waals surface area contributed by atoms with Gasteiger partial charge in [-0.1, -0.05) is 25.4 Å². The van der Waals surface area contributed by atoms with Crippen molar-refractivity contribution in [1.82, 2.24) is 15.1 Å². The Morgan fingerprint density at radius 2 is 2.17 bits per heavy atom. The molecule has 1 heterocycles.